The van der Waals surface area contributed by atoms with E-state index in [4.69, 9.17) is 21.6 Å². The highest BCUT2D eigenvalue weighted by atomic mass is 35.5. The first-order valence-electron chi connectivity index (χ1n) is 7.25. The molecule has 25 heavy (non-hydrogen) atoms. The number of aromatic amines is 1. The lowest BCUT2D eigenvalue weighted by Gasteiger charge is -2.05. The molecule has 0 radical (unpaired) electrons. The maximum absolute atomic E-state index is 12.1. The van der Waals surface area contributed by atoms with Gasteiger partial charge in [-0.25, -0.2) is 4.98 Å². The topological polar surface area (TPSA) is 90.8 Å². The molecule has 0 saturated carbocycles. The molecule has 0 bridgehead atoms. The zero-order chi connectivity index (χ0) is 17.8. The predicted octanol–water partition coefficient (Wildman–Crippen LogP) is 3.83. The van der Waals surface area contributed by atoms with Gasteiger partial charge in [0.05, 0.1) is 34.5 Å². The van der Waals surface area contributed by atoms with Crippen LogP contribution in [0.5, 0.6) is 5.75 Å². The van der Waals surface area contributed by atoms with E-state index >= 15 is 0 Å². The molecule has 1 amide bonds. The first-order valence-corrected chi connectivity index (χ1v) is 8.61. The van der Waals surface area contributed by atoms with Crippen molar-refractivity contribution in [1.29, 1.82) is 5.26 Å². The molecule has 0 spiro atoms. The first kappa shape index (κ1) is 17.1. The van der Waals surface area contributed by atoms with Crippen LogP contribution >= 0.6 is 23.4 Å². The van der Waals surface area contributed by atoms with E-state index in [-0.39, 0.29) is 11.7 Å². The number of halogens is 1. The summed E-state index contributed by atoms with van der Waals surface area (Å²) in [6.07, 6.45) is 0. The second-order valence-corrected chi connectivity index (χ2v) is 6.44. The van der Waals surface area contributed by atoms with Crippen molar-refractivity contribution >= 4 is 46.0 Å². The summed E-state index contributed by atoms with van der Waals surface area (Å²) in [4.78, 5) is 19.6. The van der Waals surface area contributed by atoms with Crippen molar-refractivity contribution in [3.63, 3.8) is 0 Å². The lowest BCUT2D eigenvalue weighted by Crippen LogP contribution is -2.14. The Balaban J connectivity index is 1.62. The number of aromatic nitrogens is 2. The molecule has 2 aromatic carbocycles. The van der Waals surface area contributed by atoms with E-state index in [9.17, 15) is 4.79 Å². The second kappa shape index (κ2) is 7.47. The Morgan fingerprint density at radius 1 is 1.40 bits per heavy atom. The van der Waals surface area contributed by atoms with Crippen molar-refractivity contribution in [2.75, 3.05) is 18.2 Å². The molecule has 0 aliphatic carbocycles. The SMILES string of the molecule is COc1ccc2nc(SCC(=O)Nc3ccc(C#N)c(Cl)c3)[nH]c2c1. The minimum Gasteiger partial charge on any atom is -0.497 e. The van der Waals surface area contributed by atoms with Gasteiger partial charge in [-0.1, -0.05) is 23.4 Å². The van der Waals surface area contributed by atoms with Gasteiger partial charge in [0.1, 0.15) is 11.8 Å². The van der Waals surface area contributed by atoms with Crippen LogP contribution in [-0.2, 0) is 4.79 Å². The molecule has 0 unspecified atom stereocenters. The van der Waals surface area contributed by atoms with Gasteiger partial charge in [0.25, 0.3) is 0 Å². The minimum absolute atomic E-state index is 0.189. The molecule has 0 aliphatic rings. The summed E-state index contributed by atoms with van der Waals surface area (Å²) in [5, 5.41) is 12.5. The van der Waals surface area contributed by atoms with E-state index in [0.717, 1.165) is 16.8 Å². The standard InChI is InChI=1S/C17H13ClN4O2S/c1-24-12-4-5-14-15(7-12)22-17(21-14)25-9-16(23)20-11-3-2-10(8-19)13(18)6-11/h2-7H,9H2,1H3,(H,20,23)(H,21,22). The summed E-state index contributed by atoms with van der Waals surface area (Å²) in [7, 11) is 1.60. The Hall–Kier alpha value is -2.69. The fourth-order valence-electron chi connectivity index (χ4n) is 2.18. The van der Waals surface area contributed by atoms with Gasteiger partial charge in [-0.15, -0.1) is 0 Å². The number of nitrogens with zero attached hydrogens (tertiary/aromatic N) is 2. The van der Waals surface area contributed by atoms with E-state index in [1.165, 1.54) is 11.8 Å². The average molecular weight is 373 g/mol. The van der Waals surface area contributed by atoms with Crippen molar-refractivity contribution in [2.45, 2.75) is 5.16 Å². The molecule has 2 N–H and O–H groups in total. The summed E-state index contributed by atoms with van der Waals surface area (Å²) in [6.45, 7) is 0. The highest BCUT2D eigenvalue weighted by Gasteiger charge is 2.09. The number of imidazole rings is 1. The summed E-state index contributed by atoms with van der Waals surface area (Å²) in [5.74, 6) is 0.737. The average Bonchev–Trinajstić information content (AvgIpc) is 3.02. The van der Waals surface area contributed by atoms with Crippen LogP contribution in [0, 0.1) is 11.3 Å². The van der Waals surface area contributed by atoms with Crippen molar-refractivity contribution < 1.29 is 9.53 Å². The maximum Gasteiger partial charge on any atom is 0.234 e. The van der Waals surface area contributed by atoms with Gasteiger partial charge in [-0.2, -0.15) is 5.26 Å². The third-order valence-electron chi connectivity index (χ3n) is 3.38. The lowest BCUT2D eigenvalue weighted by molar-refractivity contribution is -0.113. The number of nitrogens with one attached hydrogen (secondary N) is 2. The van der Waals surface area contributed by atoms with Crippen LogP contribution in [0.15, 0.2) is 41.6 Å². The molecule has 8 heteroatoms. The van der Waals surface area contributed by atoms with Gasteiger partial charge in [0.2, 0.25) is 5.91 Å². The number of anilines is 1. The predicted molar refractivity (Wildman–Crippen MR) is 98.2 cm³/mol. The van der Waals surface area contributed by atoms with Crippen LogP contribution in [0.2, 0.25) is 5.02 Å². The Labute approximate surface area is 153 Å². The third kappa shape index (κ3) is 4.05. The second-order valence-electron chi connectivity index (χ2n) is 5.07. The van der Waals surface area contributed by atoms with Crippen LogP contribution in [0.4, 0.5) is 5.69 Å². The van der Waals surface area contributed by atoms with E-state index in [1.54, 1.807) is 25.3 Å². The molecule has 0 fully saturated rings. The zero-order valence-electron chi connectivity index (χ0n) is 13.2. The first-order chi connectivity index (χ1) is 12.1. The Bertz CT molecular complexity index is 980. The molecule has 3 aromatic rings. The number of amides is 1. The number of rotatable bonds is 5. The van der Waals surface area contributed by atoms with Crippen LogP contribution in [-0.4, -0.2) is 28.7 Å². The molecule has 6 nitrogen and oxygen atoms in total. The van der Waals surface area contributed by atoms with Crippen LogP contribution in [0.25, 0.3) is 11.0 Å². The highest BCUT2D eigenvalue weighted by Crippen LogP contribution is 2.24. The van der Waals surface area contributed by atoms with Crippen molar-refractivity contribution in [3.05, 3.63) is 47.0 Å². The lowest BCUT2D eigenvalue weighted by atomic mass is 10.2. The number of hydrogen-bond donors (Lipinski definition) is 2. The number of nitriles is 1. The van der Waals surface area contributed by atoms with Crippen LogP contribution in [0.1, 0.15) is 5.56 Å². The summed E-state index contributed by atoms with van der Waals surface area (Å²) in [5.41, 5.74) is 2.57. The monoisotopic (exact) mass is 372 g/mol. The minimum atomic E-state index is -0.191. The van der Waals surface area contributed by atoms with Crippen LogP contribution < -0.4 is 10.1 Å². The Morgan fingerprint density at radius 3 is 2.96 bits per heavy atom. The third-order valence-corrected chi connectivity index (χ3v) is 4.57. The van der Waals surface area contributed by atoms with Gasteiger partial charge in [-0.3, -0.25) is 4.79 Å². The van der Waals surface area contributed by atoms with E-state index in [2.05, 4.69) is 15.3 Å². The van der Waals surface area contributed by atoms with Gasteiger partial charge in [0.15, 0.2) is 5.16 Å². The van der Waals surface area contributed by atoms with Crippen molar-refractivity contribution in [3.8, 4) is 11.8 Å². The molecule has 1 aromatic heterocycles. The molecule has 1 heterocycles. The fourth-order valence-corrected chi connectivity index (χ4v) is 3.08. The van der Waals surface area contributed by atoms with E-state index < -0.39 is 0 Å². The maximum atomic E-state index is 12.1. The molecule has 0 atom stereocenters. The molecular weight excluding hydrogens is 360 g/mol. The molecule has 0 aliphatic heterocycles. The Morgan fingerprint density at radius 2 is 2.24 bits per heavy atom. The smallest absolute Gasteiger partial charge is 0.234 e. The number of benzene rings is 2. The van der Waals surface area contributed by atoms with Gasteiger partial charge < -0.3 is 15.0 Å². The van der Waals surface area contributed by atoms with Gasteiger partial charge in [0, 0.05) is 11.8 Å². The summed E-state index contributed by atoms with van der Waals surface area (Å²) >= 11 is 7.25. The number of thioether (sulfide) groups is 1. The van der Waals surface area contributed by atoms with Gasteiger partial charge in [-0.05, 0) is 30.3 Å². The van der Waals surface area contributed by atoms with E-state index in [0.29, 0.717) is 21.4 Å². The number of hydrogen-bond acceptors (Lipinski definition) is 5. The molecular formula is C17H13ClN4O2S. The summed E-state index contributed by atoms with van der Waals surface area (Å²) in [6, 6.07) is 12.3. The quantitative estimate of drug-likeness (QED) is 0.664. The number of fused-ring (bicyclic) bond motifs is 1. The normalized spacial score (nSPS) is 10.4. The zero-order valence-corrected chi connectivity index (χ0v) is 14.7. The fraction of sp³-hybridized carbons (Fsp3) is 0.118. The highest BCUT2D eigenvalue weighted by molar-refractivity contribution is 7.99. The molecule has 126 valence electrons. The summed E-state index contributed by atoms with van der Waals surface area (Å²) < 4.78 is 5.17. The van der Waals surface area contributed by atoms with Crippen LogP contribution in [0.3, 0.4) is 0 Å². The van der Waals surface area contributed by atoms with Gasteiger partial charge >= 0.3 is 0 Å². The number of methoxy groups -OCH3 is 1. The molecule has 3 rings (SSSR count). The number of carbonyl (C=O) groups excluding carboxylic acids is 1. The number of H-pyrrole nitrogens is 1. The largest absolute Gasteiger partial charge is 0.497 e. The van der Waals surface area contributed by atoms with E-state index in [1.807, 2.05) is 24.3 Å². The Kier molecular flexibility index (Phi) is 5.12. The molecule has 0 saturated heterocycles. The van der Waals surface area contributed by atoms with Crippen molar-refractivity contribution in [2.24, 2.45) is 0 Å². The van der Waals surface area contributed by atoms with Crippen molar-refractivity contribution in [1.82, 2.24) is 9.97 Å². The number of carbonyl (C=O) groups is 1. The number of ether oxygens (including phenoxy) is 1.